The van der Waals surface area contributed by atoms with Gasteiger partial charge in [0.25, 0.3) is 0 Å². The fraction of sp³-hybridized carbons (Fsp3) is 1.00. The second-order valence-electron chi connectivity index (χ2n) is 3.34. The van der Waals surface area contributed by atoms with Crippen LogP contribution in [0.4, 0.5) is 0 Å². The Bertz CT molecular complexity index is 73.5. The van der Waals surface area contributed by atoms with Crippen LogP contribution in [0.5, 0.6) is 0 Å². The third-order valence-electron chi connectivity index (χ3n) is 1.32. The van der Waals surface area contributed by atoms with Gasteiger partial charge in [0, 0.05) is 7.11 Å². The molecule has 0 aromatic carbocycles. The molecule has 0 aliphatic rings. The molecule has 0 aromatic rings. The van der Waals surface area contributed by atoms with E-state index >= 15 is 0 Å². The summed E-state index contributed by atoms with van der Waals surface area (Å²) in [6, 6.07) is 0. The number of aliphatic hydroxyl groups excluding tert-OH is 1. The molecule has 0 aliphatic carbocycles. The Morgan fingerprint density at radius 1 is 1.44 bits per heavy atom. The van der Waals surface area contributed by atoms with Crippen molar-refractivity contribution in [3.8, 4) is 0 Å². The van der Waals surface area contributed by atoms with Gasteiger partial charge in [-0.25, -0.2) is 0 Å². The van der Waals surface area contributed by atoms with Crippen LogP contribution in [-0.4, -0.2) is 24.9 Å². The van der Waals surface area contributed by atoms with Gasteiger partial charge < -0.3 is 9.84 Å². The van der Waals surface area contributed by atoms with Gasteiger partial charge in [0.05, 0.1) is 12.7 Å². The summed E-state index contributed by atoms with van der Waals surface area (Å²) in [5.74, 6) is 0. The maximum absolute atomic E-state index is 9.26. The highest BCUT2D eigenvalue weighted by Gasteiger charge is 2.21. The number of hydrogen-bond donors (Lipinski definition) is 1. The molecule has 0 unspecified atom stereocenters. The van der Waals surface area contributed by atoms with Gasteiger partial charge in [0.1, 0.15) is 0 Å². The van der Waals surface area contributed by atoms with Crippen molar-refractivity contribution in [1.82, 2.24) is 0 Å². The third-order valence-corrected chi connectivity index (χ3v) is 1.32. The average molecular weight is 132 g/mol. The molecule has 0 saturated heterocycles. The SMILES string of the molecule is COC[C@H](O)C(C)(C)C. The Labute approximate surface area is 56.8 Å². The lowest BCUT2D eigenvalue weighted by Crippen LogP contribution is -2.30. The Hall–Kier alpha value is -0.0800. The van der Waals surface area contributed by atoms with Crippen LogP contribution in [0.3, 0.4) is 0 Å². The van der Waals surface area contributed by atoms with Crippen LogP contribution in [0, 0.1) is 5.41 Å². The molecule has 0 aromatic heterocycles. The van der Waals surface area contributed by atoms with E-state index in [1.807, 2.05) is 20.8 Å². The lowest BCUT2D eigenvalue weighted by molar-refractivity contribution is -0.00393. The van der Waals surface area contributed by atoms with Crippen molar-refractivity contribution < 1.29 is 9.84 Å². The zero-order valence-electron chi connectivity index (χ0n) is 6.64. The molecule has 0 radical (unpaired) electrons. The normalized spacial score (nSPS) is 15.7. The predicted octanol–water partition coefficient (Wildman–Crippen LogP) is 1.04. The molecule has 56 valence electrons. The van der Waals surface area contributed by atoms with E-state index in [4.69, 9.17) is 4.74 Å². The summed E-state index contributed by atoms with van der Waals surface area (Å²) in [6.45, 7) is 6.37. The molecule has 1 N–H and O–H groups in total. The van der Waals surface area contributed by atoms with E-state index in [0.29, 0.717) is 6.61 Å². The first-order valence-corrected chi connectivity index (χ1v) is 3.15. The highest BCUT2D eigenvalue weighted by molar-refractivity contribution is 4.71. The molecular weight excluding hydrogens is 116 g/mol. The van der Waals surface area contributed by atoms with E-state index in [-0.39, 0.29) is 11.5 Å². The number of hydrogen-bond acceptors (Lipinski definition) is 2. The van der Waals surface area contributed by atoms with Gasteiger partial charge in [-0.3, -0.25) is 0 Å². The van der Waals surface area contributed by atoms with Crippen molar-refractivity contribution in [3.63, 3.8) is 0 Å². The quantitative estimate of drug-likeness (QED) is 0.608. The Morgan fingerprint density at radius 3 is 2.00 bits per heavy atom. The van der Waals surface area contributed by atoms with Gasteiger partial charge in [-0.2, -0.15) is 0 Å². The molecule has 0 spiro atoms. The number of rotatable bonds is 2. The summed E-state index contributed by atoms with van der Waals surface area (Å²) in [5, 5.41) is 9.26. The summed E-state index contributed by atoms with van der Waals surface area (Å²) < 4.78 is 4.78. The topological polar surface area (TPSA) is 29.5 Å². The van der Waals surface area contributed by atoms with Crippen molar-refractivity contribution in [2.75, 3.05) is 13.7 Å². The first kappa shape index (κ1) is 8.92. The average Bonchev–Trinajstić information content (AvgIpc) is 1.64. The monoisotopic (exact) mass is 132 g/mol. The van der Waals surface area contributed by atoms with E-state index in [0.717, 1.165) is 0 Å². The summed E-state index contributed by atoms with van der Waals surface area (Å²) in [5.41, 5.74) is -0.0595. The molecule has 2 heteroatoms. The summed E-state index contributed by atoms with van der Waals surface area (Å²) >= 11 is 0. The van der Waals surface area contributed by atoms with E-state index in [9.17, 15) is 5.11 Å². The van der Waals surface area contributed by atoms with Crippen LogP contribution in [0.15, 0.2) is 0 Å². The minimum absolute atomic E-state index is 0.0595. The lowest BCUT2D eigenvalue weighted by Gasteiger charge is -2.24. The largest absolute Gasteiger partial charge is 0.390 e. The lowest BCUT2D eigenvalue weighted by atomic mass is 9.90. The van der Waals surface area contributed by atoms with Gasteiger partial charge in [-0.15, -0.1) is 0 Å². The maximum atomic E-state index is 9.26. The van der Waals surface area contributed by atoms with Crippen LogP contribution in [-0.2, 0) is 4.74 Å². The molecule has 0 heterocycles. The van der Waals surface area contributed by atoms with Crippen molar-refractivity contribution in [1.29, 1.82) is 0 Å². The van der Waals surface area contributed by atoms with E-state index in [1.165, 1.54) is 0 Å². The summed E-state index contributed by atoms with van der Waals surface area (Å²) in [6.07, 6.45) is -0.359. The van der Waals surface area contributed by atoms with Crippen molar-refractivity contribution in [2.24, 2.45) is 5.41 Å². The second-order valence-corrected chi connectivity index (χ2v) is 3.34. The van der Waals surface area contributed by atoms with Gasteiger partial charge in [-0.1, -0.05) is 20.8 Å². The van der Waals surface area contributed by atoms with Gasteiger partial charge in [0.2, 0.25) is 0 Å². The molecule has 0 fully saturated rings. The van der Waals surface area contributed by atoms with Crippen LogP contribution < -0.4 is 0 Å². The molecule has 0 aliphatic heterocycles. The molecule has 0 saturated carbocycles. The minimum atomic E-state index is -0.359. The van der Waals surface area contributed by atoms with Crippen molar-refractivity contribution in [2.45, 2.75) is 26.9 Å². The predicted molar refractivity (Wildman–Crippen MR) is 37.3 cm³/mol. The fourth-order valence-corrected chi connectivity index (χ4v) is 0.408. The van der Waals surface area contributed by atoms with Crippen molar-refractivity contribution >= 4 is 0 Å². The van der Waals surface area contributed by atoms with Crippen LogP contribution >= 0.6 is 0 Å². The van der Waals surface area contributed by atoms with Crippen molar-refractivity contribution in [3.05, 3.63) is 0 Å². The first-order chi connectivity index (χ1) is 3.98. The molecule has 0 amide bonds. The second kappa shape index (κ2) is 3.18. The van der Waals surface area contributed by atoms with Crippen LogP contribution in [0.25, 0.3) is 0 Å². The minimum Gasteiger partial charge on any atom is -0.390 e. The Kier molecular flexibility index (Phi) is 3.15. The smallest absolute Gasteiger partial charge is 0.0821 e. The van der Waals surface area contributed by atoms with Crippen LogP contribution in [0.1, 0.15) is 20.8 Å². The summed E-state index contributed by atoms with van der Waals surface area (Å²) in [4.78, 5) is 0. The molecule has 0 bridgehead atoms. The highest BCUT2D eigenvalue weighted by Crippen LogP contribution is 2.18. The molecule has 1 atom stereocenters. The standard InChI is InChI=1S/C7H16O2/c1-7(2,3)6(8)5-9-4/h6,8H,5H2,1-4H3/t6-/m0/s1. The maximum Gasteiger partial charge on any atom is 0.0821 e. The highest BCUT2D eigenvalue weighted by atomic mass is 16.5. The molecule has 2 nitrogen and oxygen atoms in total. The van der Waals surface area contributed by atoms with Gasteiger partial charge >= 0.3 is 0 Å². The first-order valence-electron chi connectivity index (χ1n) is 3.15. The number of ether oxygens (including phenoxy) is 1. The van der Waals surface area contributed by atoms with E-state index in [2.05, 4.69) is 0 Å². The number of methoxy groups -OCH3 is 1. The Morgan fingerprint density at radius 2 is 1.89 bits per heavy atom. The van der Waals surface area contributed by atoms with E-state index < -0.39 is 0 Å². The summed E-state index contributed by atoms with van der Waals surface area (Å²) in [7, 11) is 1.59. The molecule has 9 heavy (non-hydrogen) atoms. The number of aliphatic hydroxyl groups is 1. The molecular formula is C7H16O2. The zero-order chi connectivity index (χ0) is 7.49. The van der Waals surface area contributed by atoms with Gasteiger partial charge in [0.15, 0.2) is 0 Å². The van der Waals surface area contributed by atoms with Gasteiger partial charge in [-0.05, 0) is 5.41 Å². The fourth-order valence-electron chi connectivity index (χ4n) is 0.408. The zero-order valence-corrected chi connectivity index (χ0v) is 6.64. The molecule has 0 rings (SSSR count). The van der Waals surface area contributed by atoms with E-state index in [1.54, 1.807) is 7.11 Å². The third kappa shape index (κ3) is 3.49. The Balaban J connectivity index is 3.59. The van der Waals surface area contributed by atoms with Crippen LogP contribution in [0.2, 0.25) is 0 Å².